The molecule has 3 heterocycles. The zero-order valence-corrected chi connectivity index (χ0v) is 19.6. The predicted octanol–water partition coefficient (Wildman–Crippen LogP) is 3.49. The van der Waals surface area contributed by atoms with E-state index in [0.29, 0.717) is 10.6 Å². The molecule has 4 aromatic rings. The van der Waals surface area contributed by atoms with E-state index in [-0.39, 0.29) is 42.8 Å². The number of hydrogen-bond donors (Lipinski definition) is 0. The van der Waals surface area contributed by atoms with Gasteiger partial charge in [-0.25, -0.2) is 18.4 Å². The number of sulfonamides is 1. The maximum Gasteiger partial charge on any atom is 0.291 e. The molecule has 2 aromatic carbocycles. The third-order valence-corrected chi connectivity index (χ3v) is 7.87. The van der Waals surface area contributed by atoms with E-state index in [2.05, 4.69) is 15.0 Å². The highest BCUT2D eigenvalue weighted by atomic mass is 35.5. The van der Waals surface area contributed by atoms with Gasteiger partial charge in [0.15, 0.2) is 0 Å². The van der Waals surface area contributed by atoms with Crippen LogP contribution >= 0.6 is 11.6 Å². The molecule has 0 unspecified atom stereocenters. The molecule has 8 nitrogen and oxygen atoms in total. The van der Waals surface area contributed by atoms with Crippen LogP contribution in [-0.4, -0.2) is 64.7 Å². The molecule has 0 aliphatic carbocycles. The summed E-state index contributed by atoms with van der Waals surface area (Å²) < 4.78 is 27.8. The van der Waals surface area contributed by atoms with E-state index in [4.69, 9.17) is 11.6 Å². The number of hydrogen-bond acceptors (Lipinski definition) is 6. The monoisotopic (exact) mass is 493 g/mol. The number of carbonyl (C=O) groups excluding carboxylic acids is 1. The first-order valence-electron chi connectivity index (χ1n) is 10.6. The molecule has 0 saturated carbocycles. The van der Waals surface area contributed by atoms with E-state index in [1.807, 2.05) is 18.2 Å². The summed E-state index contributed by atoms with van der Waals surface area (Å²) >= 11 is 6.02. The van der Waals surface area contributed by atoms with Gasteiger partial charge in [-0.2, -0.15) is 4.31 Å². The van der Waals surface area contributed by atoms with Crippen molar-refractivity contribution in [1.82, 2.24) is 24.2 Å². The Labute approximate surface area is 201 Å². The molecule has 34 heavy (non-hydrogen) atoms. The van der Waals surface area contributed by atoms with Crippen LogP contribution in [0.3, 0.4) is 0 Å². The lowest BCUT2D eigenvalue weighted by Crippen LogP contribution is -2.50. The van der Waals surface area contributed by atoms with Gasteiger partial charge in [0.1, 0.15) is 0 Å². The Morgan fingerprint density at radius 2 is 1.56 bits per heavy atom. The summed E-state index contributed by atoms with van der Waals surface area (Å²) in [5, 5.41) is 2.26. The van der Waals surface area contributed by atoms with E-state index in [1.54, 1.807) is 59.9 Å². The number of carbonyl (C=O) groups is 1. The van der Waals surface area contributed by atoms with Crippen LogP contribution in [0.4, 0.5) is 0 Å². The van der Waals surface area contributed by atoms with Crippen LogP contribution < -0.4 is 0 Å². The van der Waals surface area contributed by atoms with Crippen LogP contribution in [0.25, 0.3) is 22.0 Å². The number of amides is 1. The van der Waals surface area contributed by atoms with Crippen molar-refractivity contribution in [2.45, 2.75) is 4.90 Å². The number of nitrogens with zero attached hydrogens (tertiary/aromatic N) is 5. The minimum absolute atomic E-state index is 0.0733. The summed E-state index contributed by atoms with van der Waals surface area (Å²) in [4.78, 5) is 27.3. The Balaban J connectivity index is 1.27. The summed E-state index contributed by atoms with van der Waals surface area (Å²) in [6.45, 7) is 0.900. The van der Waals surface area contributed by atoms with E-state index >= 15 is 0 Å². The maximum absolute atomic E-state index is 13.2. The molecule has 0 atom stereocenters. The average Bonchev–Trinajstić information content (AvgIpc) is 2.88. The van der Waals surface area contributed by atoms with Crippen molar-refractivity contribution in [3.63, 3.8) is 0 Å². The van der Waals surface area contributed by atoms with E-state index in [1.165, 1.54) is 4.31 Å². The largest absolute Gasteiger partial charge is 0.333 e. The molecule has 1 amide bonds. The normalized spacial score (nSPS) is 14.9. The third kappa shape index (κ3) is 4.37. The van der Waals surface area contributed by atoms with Gasteiger partial charge >= 0.3 is 0 Å². The number of fused-ring (bicyclic) bond motifs is 1. The van der Waals surface area contributed by atoms with Crippen LogP contribution in [0, 0.1) is 0 Å². The van der Waals surface area contributed by atoms with Crippen molar-refractivity contribution in [2.75, 3.05) is 26.2 Å². The molecule has 1 aliphatic heterocycles. The lowest BCUT2D eigenvalue weighted by Gasteiger charge is -2.33. The first-order valence-corrected chi connectivity index (χ1v) is 12.5. The summed E-state index contributed by atoms with van der Waals surface area (Å²) in [5.41, 5.74) is 1.43. The van der Waals surface area contributed by atoms with Gasteiger partial charge in [-0.05, 0) is 47.2 Å². The topological polar surface area (TPSA) is 96.4 Å². The summed E-state index contributed by atoms with van der Waals surface area (Å²) in [5.74, 6) is -0.253. The Bertz CT molecular complexity index is 1460. The Morgan fingerprint density at radius 3 is 2.26 bits per heavy atom. The highest BCUT2D eigenvalue weighted by molar-refractivity contribution is 7.89. The SMILES string of the molecule is O=C(c1ncc(-c2ccccn2)cn1)N1CCN(S(=O)(=O)c2ccc3cc(Cl)ccc3c2)CC1. The average molecular weight is 494 g/mol. The van der Waals surface area contributed by atoms with Gasteiger partial charge in [0.25, 0.3) is 5.91 Å². The quantitative estimate of drug-likeness (QED) is 0.431. The molecule has 1 aliphatic rings. The predicted molar refractivity (Wildman–Crippen MR) is 129 cm³/mol. The van der Waals surface area contributed by atoms with Gasteiger partial charge in [-0.3, -0.25) is 9.78 Å². The molecule has 0 N–H and O–H groups in total. The molecule has 1 saturated heterocycles. The van der Waals surface area contributed by atoms with Crippen molar-refractivity contribution >= 4 is 38.3 Å². The number of benzene rings is 2. The first-order chi connectivity index (χ1) is 16.4. The fourth-order valence-corrected chi connectivity index (χ4v) is 5.52. The van der Waals surface area contributed by atoms with E-state index in [0.717, 1.165) is 16.5 Å². The first kappa shape index (κ1) is 22.4. The Morgan fingerprint density at radius 1 is 0.853 bits per heavy atom. The zero-order valence-electron chi connectivity index (χ0n) is 18.0. The molecule has 0 bridgehead atoms. The number of rotatable bonds is 4. The molecule has 0 spiro atoms. The molecule has 172 valence electrons. The number of halogens is 1. The summed E-state index contributed by atoms with van der Waals surface area (Å²) in [6.07, 6.45) is 4.81. The zero-order chi connectivity index (χ0) is 23.7. The van der Waals surface area contributed by atoms with Crippen LogP contribution in [0.15, 0.2) is 78.1 Å². The number of aromatic nitrogens is 3. The molecule has 5 rings (SSSR count). The van der Waals surface area contributed by atoms with Gasteiger partial charge < -0.3 is 4.90 Å². The second kappa shape index (κ2) is 9.09. The highest BCUT2D eigenvalue weighted by Crippen LogP contribution is 2.25. The minimum atomic E-state index is -3.69. The molecular weight excluding hydrogens is 474 g/mol. The van der Waals surface area contributed by atoms with Crippen LogP contribution in [0.2, 0.25) is 5.02 Å². The van der Waals surface area contributed by atoms with Crippen molar-refractivity contribution in [3.05, 3.63) is 84.0 Å². The molecular formula is C24H20ClN5O3S. The van der Waals surface area contributed by atoms with Gasteiger partial charge in [0, 0.05) is 55.4 Å². The highest BCUT2D eigenvalue weighted by Gasteiger charge is 2.31. The number of piperazine rings is 1. The van der Waals surface area contributed by atoms with E-state index in [9.17, 15) is 13.2 Å². The fourth-order valence-electron chi connectivity index (χ4n) is 3.88. The standard InChI is InChI=1S/C24H20ClN5O3S/c25-20-6-4-18-14-21(7-5-17(18)13-20)34(32,33)30-11-9-29(10-12-30)24(31)23-27-15-19(16-28-23)22-3-1-2-8-26-22/h1-8,13-16H,9-12H2. The van der Waals surface area contributed by atoms with Crippen molar-refractivity contribution in [2.24, 2.45) is 0 Å². The lowest BCUT2D eigenvalue weighted by molar-refractivity contribution is 0.0685. The lowest BCUT2D eigenvalue weighted by atomic mass is 10.1. The molecule has 1 fully saturated rings. The van der Waals surface area contributed by atoms with Gasteiger partial charge in [0.2, 0.25) is 15.8 Å². The van der Waals surface area contributed by atoms with Crippen molar-refractivity contribution < 1.29 is 13.2 Å². The molecule has 10 heteroatoms. The van der Waals surface area contributed by atoms with Gasteiger partial charge in [0.05, 0.1) is 10.6 Å². The summed E-state index contributed by atoms with van der Waals surface area (Å²) in [7, 11) is -3.69. The molecule has 2 aromatic heterocycles. The second-order valence-corrected chi connectivity index (χ2v) is 10.2. The Kier molecular flexibility index (Phi) is 5.99. The second-order valence-electron chi connectivity index (χ2n) is 7.86. The van der Waals surface area contributed by atoms with Crippen LogP contribution in [0.5, 0.6) is 0 Å². The van der Waals surface area contributed by atoms with Gasteiger partial charge in [-0.15, -0.1) is 0 Å². The number of pyridine rings is 1. The van der Waals surface area contributed by atoms with E-state index < -0.39 is 10.0 Å². The smallest absolute Gasteiger partial charge is 0.291 e. The third-order valence-electron chi connectivity index (χ3n) is 5.74. The van der Waals surface area contributed by atoms with Gasteiger partial charge in [-0.1, -0.05) is 29.8 Å². The van der Waals surface area contributed by atoms with Crippen molar-refractivity contribution in [1.29, 1.82) is 0 Å². The maximum atomic E-state index is 13.2. The van der Waals surface area contributed by atoms with Crippen LogP contribution in [0.1, 0.15) is 10.6 Å². The Hall–Kier alpha value is -3.40. The van der Waals surface area contributed by atoms with Crippen LogP contribution in [-0.2, 0) is 10.0 Å². The van der Waals surface area contributed by atoms with Crippen molar-refractivity contribution in [3.8, 4) is 11.3 Å². The summed E-state index contributed by atoms with van der Waals surface area (Å²) in [6, 6.07) is 15.8. The molecule has 0 radical (unpaired) electrons. The fraction of sp³-hybridized carbons (Fsp3) is 0.167. The minimum Gasteiger partial charge on any atom is -0.333 e.